The van der Waals surface area contributed by atoms with Gasteiger partial charge in [0.05, 0.1) is 13.7 Å². The van der Waals surface area contributed by atoms with Gasteiger partial charge in [0.1, 0.15) is 12.0 Å². The molecule has 2 rings (SSSR count). The van der Waals surface area contributed by atoms with E-state index < -0.39 is 0 Å². The smallest absolute Gasteiger partial charge is 0.136 e. The predicted molar refractivity (Wildman–Crippen MR) is 91.5 cm³/mol. The Kier molecular flexibility index (Phi) is 6.09. The molecular formula is C18H30N2O2. The first-order chi connectivity index (χ1) is 10.6. The molecular weight excluding hydrogens is 276 g/mol. The zero-order valence-corrected chi connectivity index (χ0v) is 14.4. The molecule has 1 heterocycles. The lowest BCUT2D eigenvalue weighted by molar-refractivity contribution is 0.0993. The van der Waals surface area contributed by atoms with Crippen LogP contribution in [0.2, 0.25) is 0 Å². The summed E-state index contributed by atoms with van der Waals surface area (Å²) < 4.78 is 11.3. The van der Waals surface area contributed by atoms with E-state index >= 15 is 0 Å². The van der Waals surface area contributed by atoms with Crippen molar-refractivity contribution in [1.82, 2.24) is 5.32 Å². The van der Waals surface area contributed by atoms with Crippen LogP contribution in [-0.4, -0.2) is 25.8 Å². The van der Waals surface area contributed by atoms with Crippen molar-refractivity contribution in [3.63, 3.8) is 0 Å². The van der Waals surface area contributed by atoms with Gasteiger partial charge in [0.2, 0.25) is 0 Å². The zero-order valence-electron chi connectivity index (χ0n) is 14.4. The fraction of sp³-hybridized carbons (Fsp3) is 0.667. The molecule has 4 heteroatoms. The highest BCUT2D eigenvalue weighted by atomic mass is 16.5. The lowest BCUT2D eigenvalue weighted by atomic mass is 10.1. The number of rotatable bonds is 8. The Morgan fingerprint density at radius 3 is 2.77 bits per heavy atom. The number of benzene rings is 1. The SMILES string of the molecule is CCCCCCNc1cc(OC)ccc1C1NC(C)(C)CO1. The van der Waals surface area contributed by atoms with Crippen LogP contribution in [-0.2, 0) is 4.74 Å². The molecule has 0 radical (unpaired) electrons. The molecule has 22 heavy (non-hydrogen) atoms. The van der Waals surface area contributed by atoms with Gasteiger partial charge in [-0.25, -0.2) is 0 Å². The maximum Gasteiger partial charge on any atom is 0.136 e. The third kappa shape index (κ3) is 4.62. The number of nitrogens with one attached hydrogen (secondary N) is 2. The summed E-state index contributed by atoms with van der Waals surface area (Å²) in [5, 5.41) is 7.08. The van der Waals surface area contributed by atoms with Gasteiger partial charge in [-0.2, -0.15) is 0 Å². The van der Waals surface area contributed by atoms with Gasteiger partial charge < -0.3 is 14.8 Å². The second-order valence-electron chi connectivity index (χ2n) is 6.66. The molecule has 0 aromatic heterocycles. The standard InChI is InChI=1S/C18H30N2O2/c1-5-6-7-8-11-19-16-12-14(21-4)9-10-15(16)17-20-18(2,3)13-22-17/h9-10,12,17,19-20H,5-8,11,13H2,1-4H3. The van der Waals surface area contributed by atoms with E-state index in [1.54, 1.807) is 7.11 Å². The average Bonchev–Trinajstić information content (AvgIpc) is 2.86. The predicted octanol–water partition coefficient (Wildman–Crippen LogP) is 4.08. The summed E-state index contributed by atoms with van der Waals surface area (Å²) in [5.41, 5.74) is 2.27. The van der Waals surface area contributed by atoms with Gasteiger partial charge in [-0.1, -0.05) is 26.2 Å². The number of hydrogen-bond acceptors (Lipinski definition) is 4. The van der Waals surface area contributed by atoms with Gasteiger partial charge in [-0.15, -0.1) is 0 Å². The summed E-state index contributed by atoms with van der Waals surface area (Å²) in [4.78, 5) is 0. The van der Waals surface area contributed by atoms with Gasteiger partial charge in [0.15, 0.2) is 0 Å². The minimum atomic E-state index is -0.0564. The number of methoxy groups -OCH3 is 1. The molecule has 0 aliphatic carbocycles. The van der Waals surface area contributed by atoms with Crippen LogP contribution in [0.5, 0.6) is 5.75 Å². The Morgan fingerprint density at radius 1 is 1.32 bits per heavy atom. The van der Waals surface area contributed by atoms with Crippen LogP contribution in [0.1, 0.15) is 58.2 Å². The molecule has 1 aliphatic rings. The van der Waals surface area contributed by atoms with E-state index in [4.69, 9.17) is 9.47 Å². The molecule has 1 aliphatic heterocycles. The molecule has 2 N–H and O–H groups in total. The second kappa shape index (κ2) is 7.84. The van der Waals surface area contributed by atoms with Gasteiger partial charge >= 0.3 is 0 Å². The van der Waals surface area contributed by atoms with Gasteiger partial charge in [-0.05, 0) is 32.4 Å². The molecule has 0 spiro atoms. The van der Waals surface area contributed by atoms with E-state index in [0.717, 1.165) is 30.2 Å². The zero-order chi connectivity index (χ0) is 16.0. The molecule has 1 aromatic carbocycles. The molecule has 1 unspecified atom stereocenters. The normalized spacial score (nSPS) is 20.1. The van der Waals surface area contributed by atoms with Crippen LogP contribution < -0.4 is 15.4 Å². The van der Waals surface area contributed by atoms with E-state index in [-0.39, 0.29) is 11.8 Å². The van der Waals surface area contributed by atoms with E-state index in [1.165, 1.54) is 25.7 Å². The fourth-order valence-electron chi connectivity index (χ4n) is 2.72. The van der Waals surface area contributed by atoms with E-state index in [2.05, 4.69) is 43.5 Å². The largest absolute Gasteiger partial charge is 0.497 e. The van der Waals surface area contributed by atoms with Crippen molar-refractivity contribution in [3.8, 4) is 5.75 Å². The van der Waals surface area contributed by atoms with E-state index in [0.29, 0.717) is 0 Å². The van der Waals surface area contributed by atoms with Gasteiger partial charge in [0, 0.05) is 29.4 Å². The molecule has 1 fully saturated rings. The molecule has 4 nitrogen and oxygen atoms in total. The summed E-state index contributed by atoms with van der Waals surface area (Å²) in [6.45, 7) is 8.26. The molecule has 0 amide bonds. The van der Waals surface area contributed by atoms with Crippen molar-refractivity contribution in [2.45, 2.75) is 58.2 Å². The van der Waals surface area contributed by atoms with Crippen LogP contribution in [0.15, 0.2) is 18.2 Å². The van der Waals surface area contributed by atoms with Crippen molar-refractivity contribution in [1.29, 1.82) is 0 Å². The first kappa shape index (κ1) is 17.1. The lowest BCUT2D eigenvalue weighted by Crippen LogP contribution is -2.36. The molecule has 1 aromatic rings. The number of hydrogen-bond donors (Lipinski definition) is 2. The first-order valence-corrected chi connectivity index (χ1v) is 8.37. The summed E-state index contributed by atoms with van der Waals surface area (Å²) in [5.74, 6) is 0.872. The molecule has 0 bridgehead atoms. The first-order valence-electron chi connectivity index (χ1n) is 8.37. The Morgan fingerprint density at radius 2 is 2.14 bits per heavy atom. The summed E-state index contributed by atoms with van der Waals surface area (Å²) in [6, 6.07) is 6.14. The lowest BCUT2D eigenvalue weighted by Gasteiger charge is -2.20. The molecule has 0 saturated carbocycles. The Hall–Kier alpha value is -1.26. The molecule has 1 atom stereocenters. The minimum absolute atomic E-state index is 0.0169. The van der Waals surface area contributed by atoms with Crippen LogP contribution in [0.4, 0.5) is 5.69 Å². The van der Waals surface area contributed by atoms with E-state index in [9.17, 15) is 0 Å². The van der Waals surface area contributed by atoms with Gasteiger partial charge in [-0.3, -0.25) is 5.32 Å². The second-order valence-corrected chi connectivity index (χ2v) is 6.66. The highest BCUT2D eigenvalue weighted by Crippen LogP contribution is 2.33. The Balaban J connectivity index is 2.05. The van der Waals surface area contributed by atoms with Crippen molar-refractivity contribution >= 4 is 5.69 Å². The van der Waals surface area contributed by atoms with Gasteiger partial charge in [0.25, 0.3) is 0 Å². The monoisotopic (exact) mass is 306 g/mol. The minimum Gasteiger partial charge on any atom is -0.497 e. The third-order valence-electron chi connectivity index (χ3n) is 4.02. The van der Waals surface area contributed by atoms with Crippen LogP contribution in [0.25, 0.3) is 0 Å². The molecule has 124 valence electrons. The Labute approximate surface area is 134 Å². The quantitative estimate of drug-likeness (QED) is 0.710. The van der Waals surface area contributed by atoms with Crippen LogP contribution >= 0.6 is 0 Å². The third-order valence-corrected chi connectivity index (χ3v) is 4.02. The maximum atomic E-state index is 5.92. The van der Waals surface area contributed by atoms with Crippen LogP contribution in [0.3, 0.4) is 0 Å². The van der Waals surface area contributed by atoms with E-state index in [1.807, 2.05) is 6.07 Å². The molecule has 1 saturated heterocycles. The van der Waals surface area contributed by atoms with Crippen molar-refractivity contribution in [3.05, 3.63) is 23.8 Å². The average molecular weight is 306 g/mol. The summed E-state index contributed by atoms with van der Waals surface area (Å²) in [7, 11) is 1.70. The number of anilines is 1. The fourth-order valence-corrected chi connectivity index (χ4v) is 2.72. The van der Waals surface area contributed by atoms with Crippen molar-refractivity contribution in [2.75, 3.05) is 25.6 Å². The topological polar surface area (TPSA) is 42.5 Å². The van der Waals surface area contributed by atoms with Crippen molar-refractivity contribution < 1.29 is 9.47 Å². The Bertz CT molecular complexity index is 474. The highest BCUT2D eigenvalue weighted by Gasteiger charge is 2.32. The number of unbranched alkanes of at least 4 members (excludes halogenated alkanes) is 3. The highest BCUT2D eigenvalue weighted by molar-refractivity contribution is 5.56. The maximum absolute atomic E-state index is 5.92. The summed E-state index contributed by atoms with van der Waals surface area (Å²) in [6.07, 6.45) is 4.97. The summed E-state index contributed by atoms with van der Waals surface area (Å²) >= 11 is 0. The van der Waals surface area contributed by atoms with Crippen molar-refractivity contribution in [2.24, 2.45) is 0 Å². The van der Waals surface area contributed by atoms with Crippen LogP contribution in [0, 0.1) is 0 Å². The number of ether oxygens (including phenoxy) is 2.